The highest BCUT2D eigenvalue weighted by Gasteiger charge is 2.09. The molecule has 2 rings (SSSR count). The number of hydrogen-bond acceptors (Lipinski definition) is 3. The molecule has 0 fully saturated rings. The Morgan fingerprint density at radius 2 is 1.95 bits per heavy atom. The largest absolute Gasteiger partial charge is 0.363 e. The quantitative estimate of drug-likeness (QED) is 0.936. The van der Waals surface area contributed by atoms with Gasteiger partial charge < -0.3 is 10.2 Å². The second-order valence-corrected chi connectivity index (χ2v) is 4.64. The summed E-state index contributed by atoms with van der Waals surface area (Å²) in [6.45, 7) is 0. The van der Waals surface area contributed by atoms with Gasteiger partial charge in [-0.2, -0.15) is 0 Å². The number of carbonyl (C=O) groups excluding carboxylic acids is 1. The van der Waals surface area contributed by atoms with Crippen molar-refractivity contribution in [3.8, 4) is 0 Å². The van der Waals surface area contributed by atoms with Crippen molar-refractivity contribution in [2.45, 2.75) is 0 Å². The Hall–Kier alpha value is -2.07. The van der Waals surface area contributed by atoms with Crippen LogP contribution < -0.4 is 10.2 Å². The van der Waals surface area contributed by atoms with Crippen molar-refractivity contribution in [3.05, 3.63) is 53.2 Å². The van der Waals surface area contributed by atoms with E-state index >= 15 is 0 Å². The van der Waals surface area contributed by atoms with Crippen molar-refractivity contribution in [3.63, 3.8) is 0 Å². The molecule has 0 spiro atoms. The molecule has 1 aromatic carbocycles. The molecule has 0 aliphatic carbocycles. The Morgan fingerprint density at radius 3 is 2.53 bits per heavy atom. The summed E-state index contributed by atoms with van der Waals surface area (Å²) in [5, 5.41) is 3.19. The Kier molecular flexibility index (Phi) is 4.02. The van der Waals surface area contributed by atoms with E-state index in [-0.39, 0.29) is 5.91 Å². The van der Waals surface area contributed by atoms with Crippen LogP contribution in [0.3, 0.4) is 0 Å². The van der Waals surface area contributed by atoms with Crippen LogP contribution in [-0.4, -0.2) is 25.0 Å². The van der Waals surface area contributed by atoms with Crippen LogP contribution in [0.15, 0.2) is 42.6 Å². The highest BCUT2D eigenvalue weighted by Crippen LogP contribution is 2.17. The molecule has 98 valence electrons. The van der Waals surface area contributed by atoms with Gasteiger partial charge in [0.05, 0.1) is 22.5 Å². The molecule has 2 aromatic rings. The molecule has 1 aromatic heterocycles. The number of nitrogens with zero attached hydrogens (tertiary/aromatic N) is 2. The SMILES string of the molecule is CN(C)c1ccc(NC(=O)c2ccccc2Cl)cn1. The van der Waals surface area contributed by atoms with Crippen molar-refractivity contribution in [2.24, 2.45) is 0 Å². The fourth-order valence-electron chi connectivity index (χ4n) is 1.57. The molecule has 0 unspecified atom stereocenters. The van der Waals surface area contributed by atoms with Crippen LogP contribution in [0, 0.1) is 0 Å². The number of anilines is 2. The molecule has 19 heavy (non-hydrogen) atoms. The summed E-state index contributed by atoms with van der Waals surface area (Å²) >= 11 is 5.97. The summed E-state index contributed by atoms with van der Waals surface area (Å²) in [5.41, 5.74) is 1.08. The zero-order valence-corrected chi connectivity index (χ0v) is 11.5. The van der Waals surface area contributed by atoms with Gasteiger partial charge in [0.1, 0.15) is 5.82 Å². The maximum atomic E-state index is 12.0. The average Bonchev–Trinajstić information content (AvgIpc) is 2.39. The number of rotatable bonds is 3. The molecule has 0 aliphatic heterocycles. The van der Waals surface area contributed by atoms with Crippen LogP contribution >= 0.6 is 11.6 Å². The molecule has 5 heteroatoms. The van der Waals surface area contributed by atoms with Gasteiger partial charge in [0, 0.05) is 14.1 Å². The Bertz CT molecular complexity index is 581. The summed E-state index contributed by atoms with van der Waals surface area (Å²) < 4.78 is 0. The van der Waals surface area contributed by atoms with Gasteiger partial charge in [-0.15, -0.1) is 0 Å². The fraction of sp³-hybridized carbons (Fsp3) is 0.143. The summed E-state index contributed by atoms with van der Waals surface area (Å²) in [5.74, 6) is 0.584. The molecule has 0 bridgehead atoms. The lowest BCUT2D eigenvalue weighted by molar-refractivity contribution is 0.102. The number of hydrogen-bond donors (Lipinski definition) is 1. The lowest BCUT2D eigenvalue weighted by Gasteiger charge is -2.11. The minimum Gasteiger partial charge on any atom is -0.363 e. The van der Waals surface area contributed by atoms with E-state index in [1.807, 2.05) is 25.1 Å². The Morgan fingerprint density at radius 1 is 1.21 bits per heavy atom. The van der Waals surface area contributed by atoms with Crippen molar-refractivity contribution >= 4 is 29.0 Å². The third-order valence-corrected chi connectivity index (χ3v) is 2.91. The number of nitrogens with one attached hydrogen (secondary N) is 1. The zero-order valence-electron chi connectivity index (χ0n) is 10.7. The van der Waals surface area contributed by atoms with Crippen molar-refractivity contribution in [2.75, 3.05) is 24.3 Å². The van der Waals surface area contributed by atoms with Crippen LogP contribution in [0.5, 0.6) is 0 Å². The molecule has 0 radical (unpaired) electrons. The van der Waals surface area contributed by atoms with Gasteiger partial charge >= 0.3 is 0 Å². The van der Waals surface area contributed by atoms with Gasteiger partial charge in [-0.25, -0.2) is 4.98 Å². The van der Waals surface area contributed by atoms with Crippen molar-refractivity contribution in [1.82, 2.24) is 4.98 Å². The first kappa shape index (κ1) is 13.4. The molecule has 0 saturated carbocycles. The number of benzene rings is 1. The smallest absolute Gasteiger partial charge is 0.257 e. The van der Waals surface area contributed by atoms with E-state index in [2.05, 4.69) is 10.3 Å². The first-order chi connectivity index (χ1) is 9.08. The van der Waals surface area contributed by atoms with Gasteiger partial charge in [0.15, 0.2) is 0 Å². The topological polar surface area (TPSA) is 45.2 Å². The molecular formula is C14H14ClN3O. The lowest BCUT2D eigenvalue weighted by atomic mass is 10.2. The van der Waals surface area contributed by atoms with Gasteiger partial charge in [-0.1, -0.05) is 23.7 Å². The maximum absolute atomic E-state index is 12.0. The molecule has 4 nitrogen and oxygen atoms in total. The van der Waals surface area contributed by atoms with E-state index in [9.17, 15) is 4.79 Å². The minimum atomic E-state index is -0.245. The van der Waals surface area contributed by atoms with Gasteiger partial charge in [0.25, 0.3) is 5.91 Å². The van der Waals surface area contributed by atoms with Crippen LogP contribution in [-0.2, 0) is 0 Å². The normalized spacial score (nSPS) is 10.1. The Balaban J connectivity index is 2.13. The fourth-order valence-corrected chi connectivity index (χ4v) is 1.79. The predicted octanol–water partition coefficient (Wildman–Crippen LogP) is 3.05. The van der Waals surface area contributed by atoms with Crippen LogP contribution in [0.4, 0.5) is 11.5 Å². The average molecular weight is 276 g/mol. The molecule has 1 amide bonds. The minimum absolute atomic E-state index is 0.245. The maximum Gasteiger partial charge on any atom is 0.257 e. The number of aromatic nitrogens is 1. The molecule has 0 aliphatic rings. The first-order valence-electron chi connectivity index (χ1n) is 5.77. The number of halogens is 1. The molecule has 1 N–H and O–H groups in total. The summed E-state index contributed by atoms with van der Waals surface area (Å²) in [6.07, 6.45) is 1.62. The van der Waals surface area contributed by atoms with Gasteiger partial charge in [-0.3, -0.25) is 4.79 Å². The summed E-state index contributed by atoms with van der Waals surface area (Å²) in [6, 6.07) is 10.6. The molecular weight excluding hydrogens is 262 g/mol. The van der Waals surface area contributed by atoms with E-state index < -0.39 is 0 Å². The zero-order chi connectivity index (χ0) is 13.8. The van der Waals surface area contributed by atoms with E-state index in [0.717, 1.165) is 5.82 Å². The van der Waals surface area contributed by atoms with E-state index in [1.165, 1.54) is 0 Å². The lowest BCUT2D eigenvalue weighted by Crippen LogP contribution is -2.14. The third-order valence-electron chi connectivity index (χ3n) is 2.58. The number of amides is 1. The van der Waals surface area contributed by atoms with Crippen molar-refractivity contribution in [1.29, 1.82) is 0 Å². The van der Waals surface area contributed by atoms with E-state index in [4.69, 9.17) is 11.6 Å². The summed E-state index contributed by atoms with van der Waals surface area (Å²) in [4.78, 5) is 18.1. The summed E-state index contributed by atoms with van der Waals surface area (Å²) in [7, 11) is 3.81. The highest BCUT2D eigenvalue weighted by molar-refractivity contribution is 6.34. The second-order valence-electron chi connectivity index (χ2n) is 4.23. The molecule has 1 heterocycles. The second kappa shape index (κ2) is 5.71. The third kappa shape index (κ3) is 3.23. The van der Waals surface area contributed by atoms with E-state index in [0.29, 0.717) is 16.3 Å². The number of carbonyl (C=O) groups is 1. The monoisotopic (exact) mass is 275 g/mol. The van der Waals surface area contributed by atoms with Gasteiger partial charge in [0.2, 0.25) is 0 Å². The molecule has 0 saturated heterocycles. The van der Waals surface area contributed by atoms with Crippen molar-refractivity contribution < 1.29 is 4.79 Å². The first-order valence-corrected chi connectivity index (χ1v) is 6.15. The Labute approximate surface area is 117 Å². The highest BCUT2D eigenvalue weighted by atomic mass is 35.5. The number of pyridine rings is 1. The molecule has 0 atom stereocenters. The predicted molar refractivity (Wildman–Crippen MR) is 78.0 cm³/mol. The van der Waals surface area contributed by atoms with E-state index in [1.54, 1.807) is 36.5 Å². The van der Waals surface area contributed by atoms with Crippen LogP contribution in [0.2, 0.25) is 5.02 Å². The van der Waals surface area contributed by atoms with Crippen LogP contribution in [0.25, 0.3) is 0 Å². The van der Waals surface area contributed by atoms with Gasteiger partial charge in [-0.05, 0) is 24.3 Å². The van der Waals surface area contributed by atoms with Crippen LogP contribution in [0.1, 0.15) is 10.4 Å². The standard InChI is InChI=1S/C14H14ClN3O/c1-18(2)13-8-7-10(9-16-13)17-14(19)11-5-3-4-6-12(11)15/h3-9H,1-2H3,(H,17,19).